The molecule has 1 aliphatic heterocycles. The highest BCUT2D eigenvalue weighted by molar-refractivity contribution is 7.80. The van der Waals surface area contributed by atoms with Crippen molar-refractivity contribution in [1.82, 2.24) is 10.2 Å². The maximum atomic E-state index is 11.9. The number of rotatable bonds is 2. The van der Waals surface area contributed by atoms with Crippen LogP contribution in [0.1, 0.15) is 5.76 Å². The molecule has 1 fully saturated rings. The minimum Gasteiger partial charge on any atom is -0.457 e. The average molecular weight is 319 g/mol. The maximum absolute atomic E-state index is 11.9. The van der Waals surface area contributed by atoms with Crippen LogP contribution >= 0.6 is 23.8 Å². The van der Waals surface area contributed by atoms with Crippen LogP contribution in [-0.4, -0.2) is 23.0 Å². The van der Waals surface area contributed by atoms with Crippen LogP contribution < -0.4 is 5.32 Å². The molecule has 1 aliphatic rings. The minimum absolute atomic E-state index is 0.180. The Hall–Kier alpha value is -2.11. The zero-order chi connectivity index (χ0) is 15.0. The first-order valence-electron chi connectivity index (χ1n) is 6.21. The standard InChI is InChI=1S/C15H11ClN2O2S/c1-18-14(19)12(17-15(18)21)8-11-5-6-13(20-11)9-3-2-4-10(16)7-9/h2-8H,1H3,(H,17,21)/b12-8+. The third kappa shape index (κ3) is 2.70. The van der Waals surface area contributed by atoms with Gasteiger partial charge in [-0.3, -0.25) is 9.69 Å². The largest absolute Gasteiger partial charge is 0.457 e. The topological polar surface area (TPSA) is 45.5 Å². The summed E-state index contributed by atoms with van der Waals surface area (Å²) in [6.45, 7) is 0. The number of hydrogen-bond acceptors (Lipinski definition) is 3. The SMILES string of the molecule is CN1C(=O)/C(=C\c2ccc(-c3cccc(Cl)c3)o2)NC1=S. The van der Waals surface area contributed by atoms with Crippen molar-refractivity contribution >= 4 is 40.9 Å². The van der Waals surface area contributed by atoms with Gasteiger partial charge in [0.25, 0.3) is 5.91 Å². The lowest BCUT2D eigenvalue weighted by atomic mass is 10.2. The average Bonchev–Trinajstić information content (AvgIpc) is 3.01. The number of carbonyl (C=O) groups is 1. The Bertz CT molecular complexity index is 767. The molecule has 0 aliphatic carbocycles. The highest BCUT2D eigenvalue weighted by Gasteiger charge is 2.27. The van der Waals surface area contributed by atoms with Crippen molar-refractivity contribution in [1.29, 1.82) is 0 Å². The van der Waals surface area contributed by atoms with Crippen molar-refractivity contribution in [3.8, 4) is 11.3 Å². The molecule has 1 saturated heterocycles. The Morgan fingerprint density at radius 3 is 2.81 bits per heavy atom. The fourth-order valence-electron chi connectivity index (χ4n) is 1.99. The Balaban J connectivity index is 1.89. The van der Waals surface area contributed by atoms with Crippen molar-refractivity contribution in [2.75, 3.05) is 7.05 Å². The number of hydrogen-bond donors (Lipinski definition) is 1. The summed E-state index contributed by atoms with van der Waals surface area (Å²) in [6, 6.07) is 11.0. The molecule has 0 radical (unpaired) electrons. The second kappa shape index (κ2) is 5.35. The summed E-state index contributed by atoms with van der Waals surface area (Å²) in [5.41, 5.74) is 1.28. The van der Waals surface area contributed by atoms with Crippen LogP contribution in [0.25, 0.3) is 17.4 Å². The molecule has 2 heterocycles. The fourth-order valence-corrected chi connectivity index (χ4v) is 2.38. The lowest BCUT2D eigenvalue weighted by Gasteiger charge is -2.02. The molecular weight excluding hydrogens is 308 g/mol. The van der Waals surface area contributed by atoms with E-state index in [0.717, 1.165) is 5.56 Å². The number of likely N-dealkylation sites (N-methyl/N-ethyl adjacent to an activating group) is 1. The van der Waals surface area contributed by atoms with Crippen LogP contribution in [0.2, 0.25) is 5.02 Å². The molecule has 0 bridgehead atoms. The van der Waals surface area contributed by atoms with E-state index in [1.54, 1.807) is 25.3 Å². The molecule has 1 aromatic carbocycles. The first-order valence-corrected chi connectivity index (χ1v) is 7.00. The Kier molecular flexibility index (Phi) is 3.53. The maximum Gasteiger partial charge on any atom is 0.276 e. The van der Waals surface area contributed by atoms with Crippen LogP contribution in [0, 0.1) is 0 Å². The van der Waals surface area contributed by atoms with E-state index in [2.05, 4.69) is 5.32 Å². The molecule has 0 saturated carbocycles. The van der Waals surface area contributed by atoms with Gasteiger partial charge < -0.3 is 9.73 Å². The number of halogens is 1. The molecule has 1 aromatic heterocycles. The Labute approximate surface area is 132 Å². The van der Waals surface area contributed by atoms with Gasteiger partial charge in [-0.1, -0.05) is 23.7 Å². The van der Waals surface area contributed by atoms with E-state index in [0.29, 0.717) is 27.4 Å². The number of nitrogens with one attached hydrogen (secondary N) is 1. The van der Waals surface area contributed by atoms with Gasteiger partial charge in [-0.15, -0.1) is 0 Å². The van der Waals surface area contributed by atoms with Gasteiger partial charge in [0.2, 0.25) is 0 Å². The van der Waals surface area contributed by atoms with Crippen molar-refractivity contribution in [3.05, 3.63) is 52.9 Å². The van der Waals surface area contributed by atoms with E-state index in [-0.39, 0.29) is 5.91 Å². The smallest absolute Gasteiger partial charge is 0.276 e. The minimum atomic E-state index is -0.180. The van der Waals surface area contributed by atoms with E-state index in [9.17, 15) is 4.79 Å². The van der Waals surface area contributed by atoms with Gasteiger partial charge in [-0.25, -0.2) is 0 Å². The molecular formula is C15H11ClN2O2S. The number of carbonyl (C=O) groups excluding carboxylic acids is 1. The molecule has 2 aromatic rings. The zero-order valence-electron chi connectivity index (χ0n) is 11.1. The van der Waals surface area contributed by atoms with Gasteiger partial charge in [0.1, 0.15) is 17.2 Å². The fraction of sp³-hybridized carbons (Fsp3) is 0.0667. The summed E-state index contributed by atoms with van der Waals surface area (Å²) in [7, 11) is 1.62. The molecule has 21 heavy (non-hydrogen) atoms. The molecule has 6 heteroatoms. The molecule has 0 spiro atoms. The third-order valence-electron chi connectivity index (χ3n) is 3.10. The highest BCUT2D eigenvalue weighted by atomic mass is 35.5. The van der Waals surface area contributed by atoms with E-state index < -0.39 is 0 Å². The second-order valence-corrected chi connectivity index (χ2v) is 5.39. The van der Waals surface area contributed by atoms with Crippen molar-refractivity contribution in [3.63, 3.8) is 0 Å². The van der Waals surface area contributed by atoms with Crippen LogP contribution in [0.5, 0.6) is 0 Å². The van der Waals surface area contributed by atoms with Crippen molar-refractivity contribution < 1.29 is 9.21 Å². The van der Waals surface area contributed by atoms with Gasteiger partial charge in [0, 0.05) is 23.7 Å². The molecule has 1 N–H and O–H groups in total. The molecule has 4 nitrogen and oxygen atoms in total. The van der Waals surface area contributed by atoms with Crippen LogP contribution in [-0.2, 0) is 4.79 Å². The van der Waals surface area contributed by atoms with E-state index >= 15 is 0 Å². The first-order chi connectivity index (χ1) is 10.0. The molecule has 0 unspecified atom stereocenters. The van der Waals surface area contributed by atoms with Gasteiger partial charge >= 0.3 is 0 Å². The summed E-state index contributed by atoms with van der Waals surface area (Å²) in [6.07, 6.45) is 1.63. The molecule has 3 rings (SSSR count). The monoisotopic (exact) mass is 318 g/mol. The number of benzene rings is 1. The number of thiocarbonyl (C=S) groups is 1. The van der Waals surface area contributed by atoms with E-state index in [1.165, 1.54) is 4.90 Å². The van der Waals surface area contributed by atoms with Gasteiger partial charge in [-0.2, -0.15) is 0 Å². The van der Waals surface area contributed by atoms with E-state index in [1.807, 2.05) is 24.3 Å². The predicted octanol–water partition coefficient (Wildman–Crippen LogP) is 3.29. The molecule has 0 atom stereocenters. The first kappa shape index (κ1) is 13.9. The summed E-state index contributed by atoms with van der Waals surface area (Å²) in [4.78, 5) is 13.3. The lowest BCUT2D eigenvalue weighted by molar-refractivity contribution is -0.121. The molecule has 106 valence electrons. The van der Waals surface area contributed by atoms with Crippen LogP contribution in [0.15, 0.2) is 46.5 Å². The summed E-state index contributed by atoms with van der Waals surface area (Å²) >= 11 is 11.0. The Morgan fingerprint density at radius 1 is 1.33 bits per heavy atom. The quantitative estimate of drug-likeness (QED) is 0.682. The van der Waals surface area contributed by atoms with Gasteiger partial charge in [0.15, 0.2) is 5.11 Å². The Morgan fingerprint density at radius 2 is 2.14 bits per heavy atom. The van der Waals surface area contributed by atoms with Crippen LogP contribution in [0.3, 0.4) is 0 Å². The summed E-state index contributed by atoms with van der Waals surface area (Å²) in [5.74, 6) is 1.07. The molecule has 1 amide bonds. The van der Waals surface area contributed by atoms with Crippen LogP contribution in [0.4, 0.5) is 0 Å². The van der Waals surface area contributed by atoms with E-state index in [4.69, 9.17) is 28.2 Å². The normalized spacial score (nSPS) is 16.7. The summed E-state index contributed by atoms with van der Waals surface area (Å²) < 4.78 is 5.72. The number of furan rings is 1. The zero-order valence-corrected chi connectivity index (χ0v) is 12.7. The number of amides is 1. The predicted molar refractivity (Wildman–Crippen MR) is 85.6 cm³/mol. The third-order valence-corrected chi connectivity index (χ3v) is 3.71. The number of nitrogens with zero attached hydrogens (tertiary/aromatic N) is 1. The van der Waals surface area contributed by atoms with Crippen molar-refractivity contribution in [2.24, 2.45) is 0 Å². The second-order valence-electron chi connectivity index (χ2n) is 4.56. The van der Waals surface area contributed by atoms with Gasteiger partial charge in [-0.05, 0) is 36.5 Å². The lowest BCUT2D eigenvalue weighted by Crippen LogP contribution is -2.25. The summed E-state index contributed by atoms with van der Waals surface area (Å²) in [5, 5.41) is 3.87. The highest BCUT2D eigenvalue weighted by Crippen LogP contribution is 2.26. The van der Waals surface area contributed by atoms with Gasteiger partial charge in [0.05, 0.1) is 0 Å². The van der Waals surface area contributed by atoms with Crippen molar-refractivity contribution in [2.45, 2.75) is 0 Å².